The first-order valence-electron chi connectivity index (χ1n) is 6.78. The molecule has 110 valence electrons. The smallest absolute Gasteiger partial charge is 0.305 e. The summed E-state index contributed by atoms with van der Waals surface area (Å²) in [7, 11) is 0. The Morgan fingerprint density at radius 1 is 1.19 bits per heavy atom. The number of carboxylic acid groups (broad SMARTS) is 1. The molecule has 0 radical (unpaired) electrons. The van der Waals surface area contributed by atoms with Gasteiger partial charge in [0, 0.05) is 12.2 Å². The van der Waals surface area contributed by atoms with Crippen LogP contribution in [0.25, 0.3) is 0 Å². The summed E-state index contributed by atoms with van der Waals surface area (Å²) >= 11 is 1.40. The average Bonchev–Trinajstić information content (AvgIpc) is 2.96. The third kappa shape index (κ3) is 3.70. The molecule has 1 aromatic carbocycles. The van der Waals surface area contributed by atoms with Crippen LogP contribution in [0.2, 0.25) is 0 Å². The second kappa shape index (κ2) is 7.04. The molecule has 0 bridgehead atoms. The van der Waals surface area contributed by atoms with Crippen LogP contribution in [0, 0.1) is 0 Å². The first-order chi connectivity index (χ1) is 10.1. The number of thiophene rings is 1. The van der Waals surface area contributed by atoms with Gasteiger partial charge < -0.3 is 10.0 Å². The van der Waals surface area contributed by atoms with Gasteiger partial charge in [-0.15, -0.1) is 11.3 Å². The molecule has 4 nitrogen and oxygen atoms in total. The number of anilines is 1. The van der Waals surface area contributed by atoms with Gasteiger partial charge in [0.25, 0.3) is 5.91 Å². The summed E-state index contributed by atoms with van der Waals surface area (Å²) in [5.74, 6) is -1.04. The van der Waals surface area contributed by atoms with Gasteiger partial charge in [0.2, 0.25) is 0 Å². The Labute approximate surface area is 127 Å². The van der Waals surface area contributed by atoms with E-state index in [9.17, 15) is 9.59 Å². The standard InChI is InChI=1S/C16H17NO3S/c1-2-12-9-11-21-15(12)16(20)17(10-8-14(18)19)13-6-4-3-5-7-13/h3-7,9,11H,2,8,10H2,1H3,(H,18,19). The number of para-hydroxylation sites is 1. The fourth-order valence-corrected chi connectivity index (χ4v) is 3.03. The second-order valence-corrected chi connectivity index (χ2v) is 5.48. The summed E-state index contributed by atoms with van der Waals surface area (Å²) in [4.78, 5) is 25.8. The molecule has 2 aromatic rings. The van der Waals surface area contributed by atoms with Gasteiger partial charge in [-0.25, -0.2) is 0 Å². The minimum absolute atomic E-state index is 0.0759. The van der Waals surface area contributed by atoms with E-state index < -0.39 is 5.97 Å². The normalized spacial score (nSPS) is 10.3. The van der Waals surface area contributed by atoms with E-state index in [0.717, 1.165) is 17.7 Å². The Kier molecular flexibility index (Phi) is 5.11. The van der Waals surface area contributed by atoms with Crippen molar-refractivity contribution in [3.05, 3.63) is 52.2 Å². The van der Waals surface area contributed by atoms with E-state index in [-0.39, 0.29) is 18.9 Å². The van der Waals surface area contributed by atoms with Crippen molar-refractivity contribution >= 4 is 28.9 Å². The van der Waals surface area contributed by atoms with Gasteiger partial charge >= 0.3 is 5.97 Å². The number of carboxylic acids is 1. The van der Waals surface area contributed by atoms with E-state index in [1.54, 1.807) is 4.90 Å². The summed E-state index contributed by atoms with van der Waals surface area (Å²) in [6.07, 6.45) is 0.708. The molecule has 0 unspecified atom stereocenters. The topological polar surface area (TPSA) is 57.6 Å². The van der Waals surface area contributed by atoms with Crippen LogP contribution in [0.3, 0.4) is 0 Å². The van der Waals surface area contributed by atoms with E-state index in [1.807, 2.05) is 48.7 Å². The highest BCUT2D eigenvalue weighted by Crippen LogP contribution is 2.23. The predicted molar refractivity (Wildman–Crippen MR) is 84.1 cm³/mol. The first kappa shape index (κ1) is 15.3. The lowest BCUT2D eigenvalue weighted by Gasteiger charge is -2.22. The lowest BCUT2D eigenvalue weighted by molar-refractivity contribution is -0.136. The van der Waals surface area contributed by atoms with Crippen LogP contribution >= 0.6 is 11.3 Å². The highest BCUT2D eigenvalue weighted by Gasteiger charge is 2.21. The molecule has 0 saturated heterocycles. The highest BCUT2D eigenvalue weighted by atomic mass is 32.1. The van der Waals surface area contributed by atoms with Gasteiger partial charge in [-0.3, -0.25) is 9.59 Å². The minimum atomic E-state index is -0.911. The Morgan fingerprint density at radius 3 is 2.52 bits per heavy atom. The van der Waals surface area contributed by atoms with Crippen LogP contribution in [0.4, 0.5) is 5.69 Å². The average molecular weight is 303 g/mol. The van der Waals surface area contributed by atoms with Gasteiger partial charge in [-0.05, 0) is 35.6 Å². The zero-order valence-electron chi connectivity index (χ0n) is 11.8. The molecule has 0 spiro atoms. The van der Waals surface area contributed by atoms with Gasteiger partial charge in [0.05, 0.1) is 11.3 Å². The van der Waals surface area contributed by atoms with Gasteiger partial charge in [-0.1, -0.05) is 25.1 Å². The first-order valence-corrected chi connectivity index (χ1v) is 7.66. The number of carbonyl (C=O) groups is 2. The lowest BCUT2D eigenvalue weighted by Crippen LogP contribution is -2.33. The van der Waals surface area contributed by atoms with Crippen molar-refractivity contribution in [2.45, 2.75) is 19.8 Å². The monoisotopic (exact) mass is 303 g/mol. The summed E-state index contributed by atoms with van der Waals surface area (Å²) in [5.41, 5.74) is 1.72. The van der Waals surface area contributed by atoms with Crippen molar-refractivity contribution in [2.75, 3.05) is 11.4 Å². The minimum Gasteiger partial charge on any atom is -0.481 e. The van der Waals surface area contributed by atoms with E-state index in [0.29, 0.717) is 4.88 Å². The number of nitrogens with zero attached hydrogens (tertiary/aromatic N) is 1. The number of aliphatic carboxylic acids is 1. The zero-order chi connectivity index (χ0) is 15.2. The number of hydrogen-bond acceptors (Lipinski definition) is 3. The molecule has 0 fully saturated rings. The molecule has 1 heterocycles. The fourth-order valence-electron chi connectivity index (χ4n) is 2.09. The van der Waals surface area contributed by atoms with Crippen molar-refractivity contribution in [3.63, 3.8) is 0 Å². The van der Waals surface area contributed by atoms with Crippen LogP contribution in [0.15, 0.2) is 41.8 Å². The van der Waals surface area contributed by atoms with E-state index in [2.05, 4.69) is 0 Å². The van der Waals surface area contributed by atoms with Crippen LogP contribution in [0.1, 0.15) is 28.6 Å². The molecular weight excluding hydrogens is 286 g/mol. The number of amides is 1. The number of carbonyl (C=O) groups excluding carboxylic acids is 1. The van der Waals surface area contributed by atoms with Crippen LogP contribution in [0.5, 0.6) is 0 Å². The van der Waals surface area contributed by atoms with Crippen LogP contribution in [-0.2, 0) is 11.2 Å². The van der Waals surface area contributed by atoms with Crippen molar-refractivity contribution in [1.82, 2.24) is 0 Å². The maximum absolute atomic E-state index is 12.7. The summed E-state index contributed by atoms with van der Waals surface area (Å²) < 4.78 is 0. The molecule has 21 heavy (non-hydrogen) atoms. The highest BCUT2D eigenvalue weighted by molar-refractivity contribution is 7.12. The number of aryl methyl sites for hydroxylation is 1. The molecule has 0 aliphatic heterocycles. The summed E-state index contributed by atoms with van der Waals surface area (Å²) in [5, 5.41) is 10.8. The Balaban J connectivity index is 2.30. The van der Waals surface area contributed by atoms with Crippen molar-refractivity contribution in [3.8, 4) is 0 Å². The predicted octanol–water partition coefficient (Wildman–Crippen LogP) is 3.43. The van der Waals surface area contributed by atoms with Crippen molar-refractivity contribution in [1.29, 1.82) is 0 Å². The number of rotatable bonds is 6. The number of benzene rings is 1. The van der Waals surface area contributed by atoms with Gasteiger partial charge in [-0.2, -0.15) is 0 Å². The van der Waals surface area contributed by atoms with Crippen LogP contribution < -0.4 is 4.90 Å². The Bertz CT molecular complexity index is 621. The Hall–Kier alpha value is -2.14. The molecule has 1 N–H and O–H groups in total. The molecule has 2 rings (SSSR count). The van der Waals surface area contributed by atoms with Crippen LogP contribution in [-0.4, -0.2) is 23.5 Å². The van der Waals surface area contributed by atoms with Crippen molar-refractivity contribution < 1.29 is 14.7 Å². The lowest BCUT2D eigenvalue weighted by atomic mass is 10.1. The maximum Gasteiger partial charge on any atom is 0.305 e. The third-order valence-electron chi connectivity index (χ3n) is 3.18. The zero-order valence-corrected chi connectivity index (χ0v) is 12.6. The SMILES string of the molecule is CCc1ccsc1C(=O)N(CCC(=O)O)c1ccccc1. The molecule has 0 aliphatic rings. The molecule has 5 heteroatoms. The summed E-state index contributed by atoms with van der Waals surface area (Å²) in [6.45, 7) is 2.17. The van der Waals surface area contributed by atoms with E-state index in [4.69, 9.17) is 5.11 Å². The summed E-state index contributed by atoms with van der Waals surface area (Å²) in [6, 6.07) is 11.1. The Morgan fingerprint density at radius 2 is 1.90 bits per heavy atom. The van der Waals surface area contributed by atoms with Gasteiger partial charge in [0.15, 0.2) is 0 Å². The van der Waals surface area contributed by atoms with Gasteiger partial charge in [0.1, 0.15) is 0 Å². The fraction of sp³-hybridized carbons (Fsp3) is 0.250. The number of hydrogen-bond donors (Lipinski definition) is 1. The second-order valence-electron chi connectivity index (χ2n) is 4.56. The molecule has 0 atom stereocenters. The van der Waals surface area contributed by atoms with Crippen molar-refractivity contribution in [2.24, 2.45) is 0 Å². The maximum atomic E-state index is 12.7. The molecule has 1 aromatic heterocycles. The quantitative estimate of drug-likeness (QED) is 0.889. The van der Waals surface area contributed by atoms with E-state index in [1.165, 1.54) is 11.3 Å². The molecule has 0 saturated carbocycles. The third-order valence-corrected chi connectivity index (χ3v) is 4.13. The molecule has 1 amide bonds. The molecule has 0 aliphatic carbocycles. The van der Waals surface area contributed by atoms with E-state index >= 15 is 0 Å². The molecular formula is C16H17NO3S. The largest absolute Gasteiger partial charge is 0.481 e.